The Kier molecular flexibility index (Phi) is 5.84. The molecule has 2 N–H and O–H groups in total. The van der Waals surface area contributed by atoms with Gasteiger partial charge in [0.2, 0.25) is 21.8 Å². The molecule has 1 aromatic carbocycles. The van der Waals surface area contributed by atoms with Crippen LogP contribution in [-0.4, -0.2) is 45.2 Å². The van der Waals surface area contributed by atoms with Crippen LogP contribution in [0.15, 0.2) is 35.7 Å². The van der Waals surface area contributed by atoms with Crippen LogP contribution < -0.4 is 10.6 Å². The number of rotatable bonds is 6. The zero-order valence-corrected chi connectivity index (χ0v) is 13.5. The summed E-state index contributed by atoms with van der Waals surface area (Å²) in [6.07, 6.45) is 1.06. The molecule has 0 aliphatic heterocycles. The number of sulfonamides is 1. The summed E-state index contributed by atoms with van der Waals surface area (Å²) in [5.74, 6) is -0.929. The third-order valence-electron chi connectivity index (χ3n) is 2.84. The summed E-state index contributed by atoms with van der Waals surface area (Å²) in [5, 5.41) is 4.86. The molecule has 0 atom stereocenters. The van der Waals surface area contributed by atoms with Crippen LogP contribution in [0.1, 0.15) is 5.56 Å². The first-order valence-corrected chi connectivity index (χ1v) is 7.85. The van der Waals surface area contributed by atoms with Gasteiger partial charge in [0.1, 0.15) is 0 Å². The molecule has 2 amide bonds. The highest BCUT2D eigenvalue weighted by Gasteiger charge is 2.20. The maximum atomic E-state index is 12.2. The summed E-state index contributed by atoms with van der Waals surface area (Å²) in [6.45, 7) is 4.72. The molecule has 0 spiro atoms. The van der Waals surface area contributed by atoms with Crippen molar-refractivity contribution in [3.63, 3.8) is 0 Å². The molecule has 0 radical (unpaired) electrons. The normalized spacial score (nSPS) is 11.1. The number of nitrogens with zero attached hydrogens (tertiary/aromatic N) is 1. The van der Waals surface area contributed by atoms with Gasteiger partial charge in [-0.15, -0.1) is 0 Å². The summed E-state index contributed by atoms with van der Waals surface area (Å²) < 4.78 is 25.5. The number of amides is 2. The highest BCUT2D eigenvalue weighted by Crippen LogP contribution is 2.22. The molecule has 0 aromatic heterocycles. The van der Waals surface area contributed by atoms with Crippen molar-refractivity contribution in [3.8, 4) is 0 Å². The monoisotopic (exact) mass is 325 g/mol. The van der Waals surface area contributed by atoms with Crippen LogP contribution in [0.25, 0.3) is 0 Å². The van der Waals surface area contributed by atoms with Gasteiger partial charge in [-0.3, -0.25) is 9.59 Å². The van der Waals surface area contributed by atoms with E-state index < -0.39 is 21.8 Å². The first-order valence-electron chi connectivity index (χ1n) is 6.41. The average molecular weight is 325 g/mol. The van der Waals surface area contributed by atoms with Crippen LogP contribution in [0.5, 0.6) is 0 Å². The Hall–Kier alpha value is -2.19. The summed E-state index contributed by atoms with van der Waals surface area (Å²) in [7, 11) is -0.726. The van der Waals surface area contributed by atoms with Crippen molar-refractivity contribution in [2.45, 2.75) is 11.8 Å². The Labute approximate surface area is 130 Å². The Morgan fingerprint density at radius 1 is 1.32 bits per heavy atom. The second-order valence-electron chi connectivity index (χ2n) is 4.74. The fraction of sp³-hybridized carbons (Fsp3) is 0.286. The van der Waals surface area contributed by atoms with Crippen molar-refractivity contribution in [2.75, 3.05) is 26.0 Å². The number of aryl methyl sites for hydroxylation is 1. The lowest BCUT2D eigenvalue weighted by Gasteiger charge is -2.15. The molecule has 22 heavy (non-hydrogen) atoms. The van der Waals surface area contributed by atoms with Crippen LogP contribution in [-0.2, 0) is 19.6 Å². The Balaban J connectivity index is 2.93. The minimum atomic E-state index is -3.60. The first kappa shape index (κ1) is 17.9. The molecule has 0 heterocycles. The van der Waals surface area contributed by atoms with Gasteiger partial charge in [0.25, 0.3) is 0 Å². The fourth-order valence-electron chi connectivity index (χ4n) is 1.60. The van der Waals surface area contributed by atoms with Gasteiger partial charge in [-0.2, -0.15) is 0 Å². The van der Waals surface area contributed by atoms with Crippen LogP contribution in [0.4, 0.5) is 5.69 Å². The number of carbonyl (C=O) groups excluding carboxylic acids is 2. The standard InChI is InChI=1S/C14H19N3O4S/c1-5-13(18)15-9-14(19)16-11-7-6-10(2)12(8-11)22(20,21)17(3)4/h5-8H,1,9H2,2-4H3,(H,15,18)(H,16,19). The smallest absolute Gasteiger partial charge is 0.243 e. The quantitative estimate of drug-likeness (QED) is 0.744. The molecule has 0 saturated heterocycles. The fourth-order valence-corrected chi connectivity index (χ4v) is 2.74. The molecule has 0 unspecified atom stereocenters. The Morgan fingerprint density at radius 2 is 1.95 bits per heavy atom. The summed E-state index contributed by atoms with van der Waals surface area (Å²) in [5.41, 5.74) is 0.913. The lowest BCUT2D eigenvalue weighted by molar-refractivity contribution is -0.121. The maximum absolute atomic E-state index is 12.2. The Morgan fingerprint density at radius 3 is 2.50 bits per heavy atom. The van der Waals surface area contributed by atoms with Gasteiger partial charge in [0.15, 0.2) is 0 Å². The third kappa shape index (κ3) is 4.40. The van der Waals surface area contributed by atoms with E-state index in [9.17, 15) is 18.0 Å². The summed E-state index contributed by atoms with van der Waals surface area (Å²) in [6, 6.07) is 4.59. The molecular weight excluding hydrogens is 306 g/mol. The van der Waals surface area contributed by atoms with Crippen molar-refractivity contribution in [1.82, 2.24) is 9.62 Å². The molecule has 0 fully saturated rings. The van der Waals surface area contributed by atoms with Crippen LogP contribution >= 0.6 is 0 Å². The van der Waals surface area contributed by atoms with Gasteiger partial charge in [-0.1, -0.05) is 12.6 Å². The lowest BCUT2D eigenvalue weighted by Crippen LogP contribution is -2.31. The van der Waals surface area contributed by atoms with Crippen molar-refractivity contribution in [2.24, 2.45) is 0 Å². The number of benzene rings is 1. The molecule has 0 bridgehead atoms. The topological polar surface area (TPSA) is 95.6 Å². The van der Waals surface area contributed by atoms with Crippen LogP contribution in [0.2, 0.25) is 0 Å². The van der Waals surface area contributed by atoms with E-state index >= 15 is 0 Å². The van der Waals surface area contributed by atoms with E-state index in [2.05, 4.69) is 17.2 Å². The van der Waals surface area contributed by atoms with E-state index in [0.29, 0.717) is 11.3 Å². The first-order chi connectivity index (χ1) is 10.2. The summed E-state index contributed by atoms with van der Waals surface area (Å²) in [4.78, 5) is 22.8. The van der Waals surface area contributed by atoms with Crippen molar-refractivity contribution in [1.29, 1.82) is 0 Å². The van der Waals surface area contributed by atoms with Crippen LogP contribution in [0.3, 0.4) is 0 Å². The largest absolute Gasteiger partial charge is 0.343 e. The van der Waals surface area contributed by atoms with E-state index in [1.807, 2.05) is 0 Å². The second-order valence-corrected chi connectivity index (χ2v) is 6.86. The van der Waals surface area contributed by atoms with E-state index in [-0.39, 0.29) is 11.4 Å². The van der Waals surface area contributed by atoms with Gasteiger partial charge >= 0.3 is 0 Å². The maximum Gasteiger partial charge on any atom is 0.243 e. The Bertz CT molecular complexity index is 696. The van der Waals surface area contributed by atoms with Crippen LogP contribution in [0, 0.1) is 6.92 Å². The van der Waals surface area contributed by atoms with Gasteiger partial charge < -0.3 is 10.6 Å². The zero-order chi connectivity index (χ0) is 16.9. The number of carbonyl (C=O) groups is 2. The molecule has 0 aliphatic carbocycles. The average Bonchev–Trinajstić information content (AvgIpc) is 2.46. The molecule has 1 aromatic rings. The summed E-state index contributed by atoms with van der Waals surface area (Å²) >= 11 is 0. The molecule has 0 saturated carbocycles. The predicted molar refractivity (Wildman–Crippen MR) is 83.9 cm³/mol. The van der Waals surface area contributed by atoms with Crippen molar-refractivity contribution < 1.29 is 18.0 Å². The van der Waals surface area contributed by atoms with Crippen molar-refractivity contribution in [3.05, 3.63) is 36.4 Å². The third-order valence-corrected chi connectivity index (χ3v) is 4.80. The van der Waals surface area contributed by atoms with Gasteiger partial charge in [0.05, 0.1) is 11.4 Å². The number of hydrogen-bond donors (Lipinski definition) is 2. The van der Waals surface area contributed by atoms with E-state index in [1.165, 1.54) is 20.2 Å². The number of hydrogen-bond acceptors (Lipinski definition) is 4. The molecule has 8 heteroatoms. The SMILES string of the molecule is C=CC(=O)NCC(=O)Nc1ccc(C)c(S(=O)(=O)N(C)C)c1. The lowest BCUT2D eigenvalue weighted by atomic mass is 10.2. The van der Waals surface area contributed by atoms with E-state index in [0.717, 1.165) is 10.4 Å². The minimum absolute atomic E-state index is 0.116. The second kappa shape index (κ2) is 7.19. The zero-order valence-electron chi connectivity index (χ0n) is 12.7. The molecule has 1 rings (SSSR count). The van der Waals surface area contributed by atoms with E-state index in [1.54, 1.807) is 19.1 Å². The van der Waals surface area contributed by atoms with E-state index in [4.69, 9.17) is 0 Å². The highest BCUT2D eigenvalue weighted by molar-refractivity contribution is 7.89. The van der Waals surface area contributed by atoms with Gasteiger partial charge in [-0.05, 0) is 30.7 Å². The highest BCUT2D eigenvalue weighted by atomic mass is 32.2. The van der Waals surface area contributed by atoms with Gasteiger partial charge in [0, 0.05) is 19.8 Å². The molecular formula is C14H19N3O4S. The van der Waals surface area contributed by atoms with Crippen molar-refractivity contribution >= 4 is 27.5 Å². The molecule has 0 aliphatic rings. The van der Waals surface area contributed by atoms with Gasteiger partial charge in [-0.25, -0.2) is 12.7 Å². The predicted octanol–water partition coefficient (Wildman–Crippen LogP) is 0.486. The number of nitrogens with one attached hydrogen (secondary N) is 2. The number of anilines is 1. The molecule has 7 nitrogen and oxygen atoms in total. The molecule has 120 valence electrons. The minimum Gasteiger partial charge on any atom is -0.343 e.